The Balaban J connectivity index is 1.19. The van der Waals surface area contributed by atoms with Gasteiger partial charge in [-0.15, -0.1) is 0 Å². The second kappa shape index (κ2) is 10.9. The largest absolute Gasteiger partial charge is 0.447 e. The number of hydrogen-bond acceptors (Lipinski definition) is 5. The molecule has 1 N–H and O–H groups in total. The van der Waals surface area contributed by atoms with E-state index in [-0.39, 0.29) is 5.91 Å². The highest BCUT2D eigenvalue weighted by molar-refractivity contribution is 5.91. The van der Waals surface area contributed by atoms with Crippen LogP contribution < -0.4 is 5.32 Å². The first-order valence-electron chi connectivity index (χ1n) is 11.1. The minimum absolute atomic E-state index is 0.212. The number of benzene rings is 2. The highest BCUT2D eigenvalue weighted by atomic mass is 16.3. The predicted molar refractivity (Wildman–Crippen MR) is 126 cm³/mol. The lowest BCUT2D eigenvalue weighted by atomic mass is 10.1. The van der Waals surface area contributed by atoms with Crippen LogP contribution in [-0.4, -0.2) is 53.4 Å². The summed E-state index contributed by atoms with van der Waals surface area (Å²) < 4.78 is 5.56. The third kappa shape index (κ3) is 6.39. The van der Waals surface area contributed by atoms with Crippen LogP contribution in [0.2, 0.25) is 0 Å². The molecule has 1 aromatic heterocycles. The molecule has 0 aliphatic carbocycles. The monoisotopic (exact) mass is 430 g/mol. The predicted octanol–water partition coefficient (Wildman–Crippen LogP) is 3.74. The molecule has 0 bridgehead atoms. The molecule has 32 heavy (non-hydrogen) atoms. The van der Waals surface area contributed by atoms with Crippen molar-refractivity contribution < 1.29 is 9.21 Å². The van der Waals surface area contributed by atoms with Gasteiger partial charge in [0.05, 0.1) is 6.54 Å². The number of amides is 1. The Bertz CT molecular complexity index is 1020. The van der Waals surface area contributed by atoms with Crippen LogP contribution in [0, 0.1) is 6.92 Å². The van der Waals surface area contributed by atoms with Crippen LogP contribution in [0.25, 0.3) is 6.08 Å². The first-order valence-corrected chi connectivity index (χ1v) is 11.1. The second-order valence-corrected chi connectivity index (χ2v) is 8.18. The topological polar surface area (TPSA) is 61.6 Å². The van der Waals surface area contributed by atoms with Crippen molar-refractivity contribution in [3.05, 3.63) is 95.2 Å². The number of aromatic nitrogens is 1. The molecule has 4 rings (SSSR count). The average molecular weight is 431 g/mol. The van der Waals surface area contributed by atoms with Gasteiger partial charge in [-0.2, -0.15) is 0 Å². The highest BCUT2D eigenvalue weighted by Crippen LogP contribution is 2.10. The molecule has 0 unspecified atom stereocenters. The quantitative estimate of drug-likeness (QED) is 0.590. The van der Waals surface area contributed by atoms with E-state index in [1.807, 2.05) is 37.3 Å². The van der Waals surface area contributed by atoms with Crippen molar-refractivity contribution in [2.24, 2.45) is 0 Å². The molecule has 1 saturated heterocycles. The van der Waals surface area contributed by atoms with Crippen molar-refractivity contribution in [3.8, 4) is 0 Å². The highest BCUT2D eigenvalue weighted by Gasteiger charge is 2.19. The Hall–Kier alpha value is -3.22. The van der Waals surface area contributed by atoms with Crippen LogP contribution in [0.3, 0.4) is 0 Å². The van der Waals surface area contributed by atoms with Crippen molar-refractivity contribution in [2.75, 3.05) is 32.7 Å². The average Bonchev–Trinajstić information content (AvgIpc) is 3.29. The molecule has 166 valence electrons. The molecular formula is C26H30N4O2. The molecule has 0 atom stereocenters. The lowest BCUT2D eigenvalue weighted by Crippen LogP contribution is -2.45. The van der Waals surface area contributed by atoms with Crippen molar-refractivity contribution in [1.82, 2.24) is 20.1 Å². The molecule has 0 radical (unpaired) electrons. The van der Waals surface area contributed by atoms with Crippen molar-refractivity contribution >= 4 is 12.0 Å². The Kier molecular flexibility index (Phi) is 7.48. The Morgan fingerprint density at radius 2 is 1.75 bits per heavy atom. The Morgan fingerprint density at radius 3 is 2.50 bits per heavy atom. The molecule has 6 heteroatoms. The molecule has 0 saturated carbocycles. The molecular weight excluding hydrogens is 400 g/mol. The molecule has 1 amide bonds. The van der Waals surface area contributed by atoms with E-state index >= 15 is 0 Å². The van der Waals surface area contributed by atoms with E-state index in [4.69, 9.17) is 4.42 Å². The van der Waals surface area contributed by atoms with E-state index in [2.05, 4.69) is 56.5 Å². The zero-order chi connectivity index (χ0) is 22.2. The summed E-state index contributed by atoms with van der Waals surface area (Å²) in [5, 5.41) is 2.90. The zero-order valence-electron chi connectivity index (χ0n) is 18.5. The summed E-state index contributed by atoms with van der Waals surface area (Å²) in [4.78, 5) is 21.5. The van der Waals surface area contributed by atoms with E-state index in [9.17, 15) is 4.79 Å². The van der Waals surface area contributed by atoms with E-state index in [0.717, 1.165) is 38.3 Å². The fourth-order valence-corrected chi connectivity index (χ4v) is 3.69. The van der Waals surface area contributed by atoms with Crippen LogP contribution in [0.5, 0.6) is 0 Å². The molecule has 1 fully saturated rings. The first-order chi connectivity index (χ1) is 15.7. The van der Waals surface area contributed by atoms with Gasteiger partial charge < -0.3 is 9.73 Å². The number of piperazine rings is 1. The van der Waals surface area contributed by atoms with Gasteiger partial charge in [0.25, 0.3) is 5.91 Å². The van der Waals surface area contributed by atoms with Gasteiger partial charge >= 0.3 is 0 Å². The van der Waals surface area contributed by atoms with Crippen molar-refractivity contribution in [3.63, 3.8) is 0 Å². The Labute approximate surface area is 189 Å². The number of rotatable bonds is 8. The van der Waals surface area contributed by atoms with Gasteiger partial charge in [-0.3, -0.25) is 14.6 Å². The maximum Gasteiger partial charge on any atom is 0.273 e. The van der Waals surface area contributed by atoms with E-state index in [1.165, 1.54) is 17.4 Å². The summed E-state index contributed by atoms with van der Waals surface area (Å²) in [6, 6.07) is 18.5. The second-order valence-electron chi connectivity index (χ2n) is 8.18. The third-order valence-corrected chi connectivity index (χ3v) is 5.66. The summed E-state index contributed by atoms with van der Waals surface area (Å²) in [7, 11) is 0. The number of oxazole rings is 1. The minimum Gasteiger partial charge on any atom is -0.447 e. The van der Waals surface area contributed by atoms with Gasteiger partial charge in [0.15, 0.2) is 5.69 Å². The lowest BCUT2D eigenvalue weighted by molar-refractivity contribution is 0.0945. The number of carbonyl (C=O) groups excluding carboxylic acids is 1. The van der Waals surface area contributed by atoms with Gasteiger partial charge in [0.1, 0.15) is 6.26 Å². The molecule has 2 aromatic carbocycles. The number of carbonyl (C=O) groups is 1. The van der Waals surface area contributed by atoms with Gasteiger partial charge in [0, 0.05) is 39.3 Å². The summed E-state index contributed by atoms with van der Waals surface area (Å²) in [6.07, 6.45) is 5.84. The molecule has 0 spiro atoms. The standard InChI is InChI=1S/C26H30N4O2/c1-21-9-11-23(12-10-21)18-27-26(31)24-20-32-25(28-24)19-30-16-14-29(15-17-30)13-5-8-22-6-3-2-4-7-22/h2-12,20H,13-19H2,1H3,(H,27,31). The van der Waals surface area contributed by atoms with Crippen LogP contribution in [-0.2, 0) is 13.1 Å². The minimum atomic E-state index is -0.212. The van der Waals surface area contributed by atoms with Crippen LogP contribution in [0.4, 0.5) is 0 Å². The smallest absolute Gasteiger partial charge is 0.273 e. The summed E-state index contributed by atoms with van der Waals surface area (Å²) in [5.41, 5.74) is 3.82. The fraction of sp³-hybridized carbons (Fsp3) is 0.308. The third-order valence-electron chi connectivity index (χ3n) is 5.66. The number of aryl methyl sites for hydroxylation is 1. The van der Waals surface area contributed by atoms with Gasteiger partial charge in [-0.1, -0.05) is 72.3 Å². The zero-order valence-corrected chi connectivity index (χ0v) is 18.5. The normalized spacial score (nSPS) is 15.3. The number of hydrogen-bond donors (Lipinski definition) is 1. The molecule has 2 heterocycles. The fourth-order valence-electron chi connectivity index (χ4n) is 3.69. The molecule has 3 aromatic rings. The van der Waals surface area contributed by atoms with E-state index < -0.39 is 0 Å². The number of nitrogens with one attached hydrogen (secondary N) is 1. The number of nitrogens with zero attached hydrogens (tertiary/aromatic N) is 3. The maximum absolute atomic E-state index is 12.4. The first kappa shape index (κ1) is 22.0. The lowest BCUT2D eigenvalue weighted by Gasteiger charge is -2.33. The molecule has 6 nitrogen and oxygen atoms in total. The van der Waals surface area contributed by atoms with Gasteiger partial charge in [-0.05, 0) is 18.1 Å². The summed E-state index contributed by atoms with van der Waals surface area (Å²) in [6.45, 7) is 8.01. The molecule has 1 aliphatic heterocycles. The van der Waals surface area contributed by atoms with Crippen LogP contribution in [0.1, 0.15) is 33.1 Å². The van der Waals surface area contributed by atoms with Crippen LogP contribution in [0.15, 0.2) is 71.4 Å². The van der Waals surface area contributed by atoms with E-state index in [1.54, 1.807) is 0 Å². The van der Waals surface area contributed by atoms with Crippen molar-refractivity contribution in [1.29, 1.82) is 0 Å². The van der Waals surface area contributed by atoms with Crippen molar-refractivity contribution in [2.45, 2.75) is 20.0 Å². The van der Waals surface area contributed by atoms with Gasteiger partial charge in [-0.25, -0.2) is 4.98 Å². The summed E-state index contributed by atoms with van der Waals surface area (Å²) >= 11 is 0. The SMILES string of the molecule is Cc1ccc(CNC(=O)c2coc(CN3CCN(CC=Cc4ccccc4)CC3)n2)cc1. The van der Waals surface area contributed by atoms with Crippen LogP contribution >= 0.6 is 0 Å². The summed E-state index contributed by atoms with van der Waals surface area (Å²) in [5.74, 6) is 0.374. The Morgan fingerprint density at radius 1 is 1.03 bits per heavy atom. The van der Waals surface area contributed by atoms with E-state index in [0.29, 0.717) is 24.7 Å². The maximum atomic E-state index is 12.4. The van der Waals surface area contributed by atoms with Gasteiger partial charge in [0.2, 0.25) is 5.89 Å². The molecule has 1 aliphatic rings.